The lowest BCUT2D eigenvalue weighted by atomic mass is 9.78. The van der Waals surface area contributed by atoms with Crippen LogP contribution in [0.25, 0.3) is 0 Å². The Kier molecular flexibility index (Phi) is 5.77. The largest absolute Gasteiger partial charge is 0.328 e. The monoisotopic (exact) mass is 226 g/mol. The second kappa shape index (κ2) is 6.61. The zero-order valence-corrected chi connectivity index (χ0v) is 11.5. The van der Waals surface area contributed by atoms with E-state index in [-0.39, 0.29) is 0 Å². The fraction of sp³-hybridized carbons (Fsp3) is 1.00. The van der Waals surface area contributed by atoms with Gasteiger partial charge in [-0.3, -0.25) is 0 Å². The molecule has 1 aliphatic rings. The van der Waals surface area contributed by atoms with Gasteiger partial charge in [0.05, 0.1) is 0 Å². The van der Waals surface area contributed by atoms with Crippen molar-refractivity contribution in [2.24, 2.45) is 11.1 Å². The summed E-state index contributed by atoms with van der Waals surface area (Å²) in [4.78, 5) is 2.60. The van der Waals surface area contributed by atoms with Gasteiger partial charge < -0.3 is 10.6 Å². The van der Waals surface area contributed by atoms with Crippen LogP contribution in [0.4, 0.5) is 0 Å². The lowest BCUT2D eigenvalue weighted by Crippen LogP contribution is -2.40. The molecule has 0 aromatic carbocycles. The summed E-state index contributed by atoms with van der Waals surface area (Å²) in [6, 6.07) is 0.421. The van der Waals surface area contributed by atoms with Gasteiger partial charge in [-0.05, 0) is 50.7 Å². The van der Waals surface area contributed by atoms with Gasteiger partial charge >= 0.3 is 0 Å². The zero-order valence-electron chi connectivity index (χ0n) is 11.5. The number of nitrogens with zero attached hydrogens (tertiary/aromatic N) is 1. The molecule has 1 heterocycles. The quantitative estimate of drug-likeness (QED) is 0.754. The van der Waals surface area contributed by atoms with Gasteiger partial charge in [0.2, 0.25) is 0 Å². The molecule has 1 aliphatic heterocycles. The van der Waals surface area contributed by atoms with Crippen LogP contribution in [-0.4, -0.2) is 30.6 Å². The summed E-state index contributed by atoms with van der Waals surface area (Å²) in [6.45, 7) is 10.8. The Bertz CT molecular complexity index is 183. The molecule has 0 amide bonds. The third-order valence-corrected chi connectivity index (χ3v) is 4.39. The molecule has 1 atom stereocenters. The molecule has 1 fully saturated rings. The Morgan fingerprint density at radius 1 is 1.19 bits per heavy atom. The molecule has 0 aromatic heterocycles. The molecule has 0 bridgehead atoms. The minimum absolute atomic E-state index is 0.421. The van der Waals surface area contributed by atoms with Crippen LogP contribution in [0.1, 0.15) is 59.3 Å². The summed E-state index contributed by atoms with van der Waals surface area (Å²) in [5.41, 5.74) is 6.67. The summed E-state index contributed by atoms with van der Waals surface area (Å²) in [5.74, 6) is 0. The predicted molar refractivity (Wildman–Crippen MR) is 71.6 cm³/mol. The van der Waals surface area contributed by atoms with Crippen LogP contribution in [-0.2, 0) is 0 Å². The molecule has 1 unspecified atom stereocenters. The van der Waals surface area contributed by atoms with E-state index in [0.29, 0.717) is 11.5 Å². The molecule has 2 heteroatoms. The summed E-state index contributed by atoms with van der Waals surface area (Å²) < 4.78 is 0. The van der Waals surface area contributed by atoms with Crippen molar-refractivity contribution < 1.29 is 0 Å². The van der Waals surface area contributed by atoms with E-state index in [4.69, 9.17) is 5.73 Å². The fourth-order valence-corrected chi connectivity index (χ4v) is 2.53. The molecular formula is C14H30N2. The predicted octanol–water partition coefficient (Wildman–Crippen LogP) is 3.02. The maximum absolute atomic E-state index is 6.05. The van der Waals surface area contributed by atoms with E-state index in [9.17, 15) is 0 Å². The Morgan fingerprint density at radius 2 is 1.81 bits per heavy atom. The minimum atomic E-state index is 0.421. The minimum Gasteiger partial charge on any atom is -0.328 e. The van der Waals surface area contributed by atoms with Gasteiger partial charge in [0.25, 0.3) is 0 Å². The molecule has 0 spiro atoms. The SMILES string of the molecule is CCCC(N)CCN1CCC(C)(CC)CC1. The van der Waals surface area contributed by atoms with Crippen molar-refractivity contribution in [1.29, 1.82) is 0 Å². The first-order valence-corrected chi connectivity index (χ1v) is 7.07. The Morgan fingerprint density at radius 3 is 2.31 bits per heavy atom. The van der Waals surface area contributed by atoms with Crippen molar-refractivity contribution in [2.75, 3.05) is 19.6 Å². The van der Waals surface area contributed by atoms with Gasteiger partial charge in [0.1, 0.15) is 0 Å². The number of piperidine rings is 1. The van der Waals surface area contributed by atoms with E-state index in [1.807, 2.05) is 0 Å². The lowest BCUT2D eigenvalue weighted by molar-refractivity contribution is 0.112. The number of rotatable bonds is 6. The summed E-state index contributed by atoms with van der Waals surface area (Å²) in [7, 11) is 0. The molecule has 2 nitrogen and oxygen atoms in total. The van der Waals surface area contributed by atoms with Crippen LogP contribution in [0, 0.1) is 5.41 Å². The highest BCUT2D eigenvalue weighted by Gasteiger charge is 2.27. The second-order valence-electron chi connectivity index (χ2n) is 5.84. The fourth-order valence-electron chi connectivity index (χ4n) is 2.53. The van der Waals surface area contributed by atoms with Crippen molar-refractivity contribution >= 4 is 0 Å². The average molecular weight is 226 g/mol. The van der Waals surface area contributed by atoms with E-state index in [0.717, 1.165) is 0 Å². The van der Waals surface area contributed by atoms with Crippen molar-refractivity contribution in [2.45, 2.75) is 65.3 Å². The molecule has 0 aliphatic carbocycles. The van der Waals surface area contributed by atoms with E-state index in [1.54, 1.807) is 0 Å². The summed E-state index contributed by atoms with van der Waals surface area (Å²) in [6.07, 6.45) is 7.64. The van der Waals surface area contributed by atoms with Crippen LogP contribution >= 0.6 is 0 Å². The number of hydrogen-bond acceptors (Lipinski definition) is 2. The molecule has 0 radical (unpaired) electrons. The van der Waals surface area contributed by atoms with E-state index < -0.39 is 0 Å². The molecule has 0 saturated carbocycles. The average Bonchev–Trinajstić information content (AvgIpc) is 2.29. The first kappa shape index (κ1) is 14.0. The number of hydrogen-bond donors (Lipinski definition) is 1. The topological polar surface area (TPSA) is 29.3 Å². The van der Waals surface area contributed by atoms with Crippen LogP contribution in [0.3, 0.4) is 0 Å². The van der Waals surface area contributed by atoms with Crippen LogP contribution in [0.5, 0.6) is 0 Å². The highest BCUT2D eigenvalue weighted by atomic mass is 15.1. The zero-order chi connectivity index (χ0) is 12.0. The van der Waals surface area contributed by atoms with Gasteiger partial charge in [-0.1, -0.05) is 33.6 Å². The first-order valence-electron chi connectivity index (χ1n) is 7.07. The van der Waals surface area contributed by atoms with Gasteiger partial charge in [-0.25, -0.2) is 0 Å². The molecule has 16 heavy (non-hydrogen) atoms. The maximum atomic E-state index is 6.05. The third-order valence-electron chi connectivity index (χ3n) is 4.39. The van der Waals surface area contributed by atoms with Crippen LogP contribution < -0.4 is 5.73 Å². The molecule has 96 valence electrons. The second-order valence-corrected chi connectivity index (χ2v) is 5.84. The van der Waals surface area contributed by atoms with Gasteiger partial charge in [0, 0.05) is 6.04 Å². The van der Waals surface area contributed by atoms with E-state index in [1.165, 1.54) is 58.2 Å². The summed E-state index contributed by atoms with van der Waals surface area (Å²) >= 11 is 0. The van der Waals surface area contributed by atoms with Gasteiger partial charge in [-0.15, -0.1) is 0 Å². The first-order chi connectivity index (χ1) is 7.59. The smallest absolute Gasteiger partial charge is 0.00509 e. The Labute approximate surface area is 102 Å². The molecule has 1 saturated heterocycles. The summed E-state index contributed by atoms with van der Waals surface area (Å²) in [5, 5.41) is 0. The number of nitrogens with two attached hydrogens (primary N) is 1. The molecular weight excluding hydrogens is 196 g/mol. The van der Waals surface area contributed by atoms with Crippen molar-refractivity contribution in [3.63, 3.8) is 0 Å². The standard InChI is InChI=1S/C14H30N2/c1-4-6-13(15)7-10-16-11-8-14(3,5-2)9-12-16/h13H,4-12,15H2,1-3H3. The van der Waals surface area contributed by atoms with E-state index >= 15 is 0 Å². The molecule has 1 rings (SSSR count). The Balaban J connectivity index is 2.17. The highest BCUT2D eigenvalue weighted by Crippen LogP contribution is 2.33. The van der Waals surface area contributed by atoms with E-state index in [2.05, 4.69) is 25.7 Å². The van der Waals surface area contributed by atoms with Crippen molar-refractivity contribution in [3.8, 4) is 0 Å². The van der Waals surface area contributed by atoms with Crippen LogP contribution in [0.2, 0.25) is 0 Å². The van der Waals surface area contributed by atoms with Crippen LogP contribution in [0.15, 0.2) is 0 Å². The van der Waals surface area contributed by atoms with Crippen molar-refractivity contribution in [3.05, 3.63) is 0 Å². The lowest BCUT2D eigenvalue weighted by Gasteiger charge is -2.39. The normalized spacial score (nSPS) is 23.2. The number of likely N-dealkylation sites (tertiary alicyclic amines) is 1. The molecule has 2 N–H and O–H groups in total. The van der Waals surface area contributed by atoms with Gasteiger partial charge in [0.15, 0.2) is 0 Å². The van der Waals surface area contributed by atoms with Gasteiger partial charge in [-0.2, -0.15) is 0 Å². The Hall–Kier alpha value is -0.0800. The maximum Gasteiger partial charge on any atom is 0.00509 e. The highest BCUT2D eigenvalue weighted by molar-refractivity contribution is 4.81. The van der Waals surface area contributed by atoms with Crippen molar-refractivity contribution in [1.82, 2.24) is 4.90 Å². The molecule has 0 aromatic rings. The third kappa shape index (κ3) is 4.42.